The van der Waals surface area contributed by atoms with E-state index < -0.39 is 0 Å². The molecule has 2 nitrogen and oxygen atoms in total. The summed E-state index contributed by atoms with van der Waals surface area (Å²) in [5, 5.41) is 1.69. The molecule has 2 rings (SSSR count). The highest BCUT2D eigenvalue weighted by Crippen LogP contribution is 2.29. The van der Waals surface area contributed by atoms with E-state index in [0.717, 1.165) is 11.1 Å². The van der Waals surface area contributed by atoms with Crippen LogP contribution in [-0.4, -0.2) is 6.54 Å². The van der Waals surface area contributed by atoms with E-state index in [9.17, 15) is 0 Å². The SMILES string of the molecule is Clc1cc(Cl)c(CCNOCc2ccccc2)c(Cl)c1. The van der Waals surface area contributed by atoms with Crippen molar-refractivity contribution < 1.29 is 4.84 Å². The summed E-state index contributed by atoms with van der Waals surface area (Å²) in [7, 11) is 0. The average molecular weight is 331 g/mol. The fourth-order valence-electron chi connectivity index (χ4n) is 1.77. The second-order valence-electron chi connectivity index (χ2n) is 4.27. The van der Waals surface area contributed by atoms with Crippen molar-refractivity contribution in [3.63, 3.8) is 0 Å². The van der Waals surface area contributed by atoms with Gasteiger partial charge in [-0.15, -0.1) is 0 Å². The van der Waals surface area contributed by atoms with E-state index in [2.05, 4.69) is 5.48 Å². The highest BCUT2D eigenvalue weighted by molar-refractivity contribution is 6.39. The van der Waals surface area contributed by atoms with Gasteiger partial charge in [0.05, 0.1) is 6.61 Å². The zero-order valence-corrected chi connectivity index (χ0v) is 13.0. The van der Waals surface area contributed by atoms with Crippen molar-refractivity contribution in [1.29, 1.82) is 0 Å². The van der Waals surface area contributed by atoms with Gasteiger partial charge in [-0.25, -0.2) is 5.48 Å². The first kappa shape index (κ1) is 15.6. The van der Waals surface area contributed by atoms with Crippen LogP contribution in [0, 0.1) is 0 Å². The van der Waals surface area contributed by atoms with E-state index in [0.29, 0.717) is 34.6 Å². The van der Waals surface area contributed by atoms with E-state index >= 15 is 0 Å². The molecule has 0 bridgehead atoms. The second-order valence-corrected chi connectivity index (χ2v) is 5.52. The summed E-state index contributed by atoms with van der Waals surface area (Å²) in [5.74, 6) is 0. The number of hydrogen-bond acceptors (Lipinski definition) is 2. The number of benzene rings is 2. The topological polar surface area (TPSA) is 21.3 Å². The van der Waals surface area contributed by atoms with Crippen LogP contribution in [0.1, 0.15) is 11.1 Å². The van der Waals surface area contributed by atoms with Crippen molar-refractivity contribution in [3.8, 4) is 0 Å². The maximum Gasteiger partial charge on any atom is 0.0933 e. The predicted octanol–water partition coefficient (Wildman–Crippen LogP) is 4.91. The molecule has 0 saturated heterocycles. The molecule has 0 aliphatic heterocycles. The van der Waals surface area contributed by atoms with Gasteiger partial charge >= 0.3 is 0 Å². The number of rotatable bonds is 6. The Balaban J connectivity index is 1.76. The van der Waals surface area contributed by atoms with Gasteiger partial charge in [0.25, 0.3) is 0 Å². The first-order valence-corrected chi connectivity index (χ1v) is 7.32. The molecule has 0 radical (unpaired) electrons. The van der Waals surface area contributed by atoms with Crippen molar-refractivity contribution in [3.05, 3.63) is 68.7 Å². The van der Waals surface area contributed by atoms with E-state index in [4.69, 9.17) is 39.6 Å². The molecular weight excluding hydrogens is 317 g/mol. The molecule has 0 aromatic heterocycles. The first-order chi connectivity index (χ1) is 9.66. The lowest BCUT2D eigenvalue weighted by Gasteiger charge is -2.09. The van der Waals surface area contributed by atoms with Crippen LogP contribution in [0.25, 0.3) is 0 Å². The standard InChI is InChI=1S/C15H14Cl3NO/c16-12-8-14(17)13(15(18)9-12)6-7-19-20-10-11-4-2-1-3-5-11/h1-5,8-9,19H,6-7,10H2. The van der Waals surface area contributed by atoms with Gasteiger partial charge in [-0.1, -0.05) is 65.1 Å². The van der Waals surface area contributed by atoms with Crippen LogP contribution >= 0.6 is 34.8 Å². The lowest BCUT2D eigenvalue weighted by Crippen LogP contribution is -2.18. The summed E-state index contributed by atoms with van der Waals surface area (Å²) in [4.78, 5) is 5.38. The van der Waals surface area contributed by atoms with Crippen LogP contribution in [-0.2, 0) is 17.9 Å². The Morgan fingerprint density at radius 3 is 2.25 bits per heavy atom. The van der Waals surface area contributed by atoms with Crippen molar-refractivity contribution >= 4 is 34.8 Å². The van der Waals surface area contributed by atoms with E-state index in [1.54, 1.807) is 12.1 Å². The van der Waals surface area contributed by atoms with Gasteiger partial charge in [-0.2, -0.15) is 0 Å². The minimum absolute atomic E-state index is 0.517. The van der Waals surface area contributed by atoms with Crippen LogP contribution in [0.3, 0.4) is 0 Å². The van der Waals surface area contributed by atoms with Gasteiger partial charge in [0, 0.05) is 21.6 Å². The fraction of sp³-hybridized carbons (Fsp3) is 0.200. The monoisotopic (exact) mass is 329 g/mol. The Labute approximate surface area is 133 Å². The summed E-state index contributed by atoms with van der Waals surface area (Å²) in [6, 6.07) is 13.3. The molecule has 0 amide bonds. The van der Waals surface area contributed by atoms with Gasteiger partial charge in [-0.3, -0.25) is 4.84 Å². The summed E-state index contributed by atoms with van der Waals surface area (Å²) in [5.41, 5.74) is 4.88. The third kappa shape index (κ3) is 4.65. The molecule has 0 spiro atoms. The molecule has 0 fully saturated rings. The van der Waals surface area contributed by atoms with Crippen molar-refractivity contribution in [2.45, 2.75) is 13.0 Å². The van der Waals surface area contributed by atoms with Gasteiger partial charge in [-0.05, 0) is 29.7 Å². The Morgan fingerprint density at radius 2 is 1.60 bits per heavy atom. The molecule has 0 heterocycles. The molecule has 2 aromatic rings. The largest absolute Gasteiger partial charge is 0.297 e. The number of hydroxylamine groups is 1. The summed E-state index contributed by atoms with van der Waals surface area (Å²) in [6.45, 7) is 1.14. The first-order valence-electron chi connectivity index (χ1n) is 6.19. The smallest absolute Gasteiger partial charge is 0.0933 e. The summed E-state index contributed by atoms with van der Waals surface area (Å²) < 4.78 is 0. The molecule has 20 heavy (non-hydrogen) atoms. The van der Waals surface area contributed by atoms with E-state index in [-0.39, 0.29) is 0 Å². The Bertz CT molecular complexity index is 537. The summed E-state index contributed by atoms with van der Waals surface area (Å²) in [6.07, 6.45) is 0.670. The van der Waals surface area contributed by atoms with Crippen molar-refractivity contribution in [2.75, 3.05) is 6.54 Å². The molecule has 0 unspecified atom stereocenters. The average Bonchev–Trinajstić information content (AvgIpc) is 2.42. The third-order valence-electron chi connectivity index (χ3n) is 2.77. The maximum absolute atomic E-state index is 6.11. The molecular formula is C15H14Cl3NO. The summed E-state index contributed by atoms with van der Waals surface area (Å²) >= 11 is 18.1. The predicted molar refractivity (Wildman–Crippen MR) is 84.4 cm³/mol. The molecule has 2 aromatic carbocycles. The molecule has 0 atom stereocenters. The van der Waals surface area contributed by atoms with Gasteiger partial charge in [0.15, 0.2) is 0 Å². The van der Waals surface area contributed by atoms with E-state index in [1.807, 2.05) is 30.3 Å². The third-order valence-corrected chi connectivity index (χ3v) is 3.66. The fourth-order valence-corrected chi connectivity index (χ4v) is 2.77. The number of halogens is 3. The minimum atomic E-state index is 0.517. The van der Waals surface area contributed by atoms with Crippen LogP contribution < -0.4 is 5.48 Å². The maximum atomic E-state index is 6.11. The highest BCUT2D eigenvalue weighted by Gasteiger charge is 2.07. The Morgan fingerprint density at radius 1 is 0.950 bits per heavy atom. The van der Waals surface area contributed by atoms with Crippen LogP contribution in [0.2, 0.25) is 15.1 Å². The van der Waals surface area contributed by atoms with E-state index in [1.165, 1.54) is 0 Å². The highest BCUT2D eigenvalue weighted by atomic mass is 35.5. The molecule has 106 valence electrons. The van der Waals surface area contributed by atoms with Crippen molar-refractivity contribution in [1.82, 2.24) is 5.48 Å². The van der Waals surface area contributed by atoms with Crippen LogP contribution in [0.15, 0.2) is 42.5 Å². The molecule has 5 heteroatoms. The quantitative estimate of drug-likeness (QED) is 0.600. The normalized spacial score (nSPS) is 10.8. The molecule has 0 aliphatic carbocycles. The zero-order chi connectivity index (χ0) is 14.4. The van der Waals surface area contributed by atoms with Crippen LogP contribution in [0.4, 0.5) is 0 Å². The Kier molecular flexibility index (Phi) is 6.14. The van der Waals surface area contributed by atoms with Crippen LogP contribution in [0.5, 0.6) is 0 Å². The minimum Gasteiger partial charge on any atom is -0.297 e. The van der Waals surface area contributed by atoms with Gasteiger partial charge < -0.3 is 0 Å². The number of nitrogens with one attached hydrogen (secondary N) is 1. The number of hydrogen-bond donors (Lipinski definition) is 1. The Hall–Kier alpha value is -0.770. The van der Waals surface area contributed by atoms with Gasteiger partial charge in [0.1, 0.15) is 0 Å². The zero-order valence-electron chi connectivity index (χ0n) is 10.7. The van der Waals surface area contributed by atoms with Gasteiger partial charge in [0.2, 0.25) is 0 Å². The lowest BCUT2D eigenvalue weighted by atomic mass is 10.1. The second kappa shape index (κ2) is 7.87. The molecule has 0 aliphatic rings. The van der Waals surface area contributed by atoms with Crippen molar-refractivity contribution in [2.24, 2.45) is 0 Å². The molecule has 1 N–H and O–H groups in total. The molecule has 0 saturated carbocycles. The lowest BCUT2D eigenvalue weighted by molar-refractivity contribution is 0.0288.